The predicted octanol–water partition coefficient (Wildman–Crippen LogP) is 7.03. The molecule has 176 valence electrons. The fourth-order valence-electron chi connectivity index (χ4n) is 4.79. The minimum Gasteiger partial charge on any atom is -0.386 e. The standard InChI is InChI=1S/C31H41NO/c1-21-14-16-24(26(18-21)29(3,4)5)28(33)31(32,20-23-12-10-9-11-13-23)25-17-15-22(2)19-27(25)30(6,7)8/h9-19,28,33H,20,32H2,1-8H3. The third-order valence-electron chi connectivity index (χ3n) is 6.62. The molecule has 0 amide bonds. The molecular formula is C31H41NO. The van der Waals surface area contributed by atoms with Crippen LogP contribution in [0, 0.1) is 13.8 Å². The minimum absolute atomic E-state index is 0.109. The molecule has 3 rings (SSSR count). The van der Waals surface area contributed by atoms with Gasteiger partial charge < -0.3 is 10.8 Å². The van der Waals surface area contributed by atoms with Gasteiger partial charge in [0, 0.05) is 0 Å². The number of aliphatic hydroxyl groups is 1. The molecule has 3 aromatic rings. The summed E-state index contributed by atoms with van der Waals surface area (Å²) in [4.78, 5) is 0. The number of benzene rings is 3. The first kappa shape index (κ1) is 25.2. The monoisotopic (exact) mass is 443 g/mol. The van der Waals surface area contributed by atoms with Gasteiger partial charge in [0.25, 0.3) is 0 Å². The van der Waals surface area contributed by atoms with Crippen molar-refractivity contribution in [2.75, 3.05) is 0 Å². The summed E-state index contributed by atoms with van der Waals surface area (Å²) in [6.07, 6.45) is -0.324. The second kappa shape index (κ2) is 9.08. The van der Waals surface area contributed by atoms with Gasteiger partial charge in [-0.15, -0.1) is 0 Å². The molecule has 2 atom stereocenters. The summed E-state index contributed by atoms with van der Waals surface area (Å²) >= 11 is 0. The van der Waals surface area contributed by atoms with Crippen molar-refractivity contribution in [3.05, 3.63) is 106 Å². The molecule has 2 heteroatoms. The maximum absolute atomic E-state index is 12.1. The Morgan fingerprint density at radius 2 is 1.21 bits per heavy atom. The number of hydrogen-bond donors (Lipinski definition) is 2. The zero-order valence-electron chi connectivity index (χ0n) is 21.7. The zero-order valence-corrected chi connectivity index (χ0v) is 21.7. The van der Waals surface area contributed by atoms with E-state index >= 15 is 0 Å². The van der Waals surface area contributed by atoms with E-state index in [1.54, 1.807) is 0 Å². The molecule has 2 unspecified atom stereocenters. The van der Waals surface area contributed by atoms with E-state index < -0.39 is 11.6 Å². The van der Waals surface area contributed by atoms with Gasteiger partial charge >= 0.3 is 0 Å². The predicted molar refractivity (Wildman–Crippen MR) is 141 cm³/mol. The van der Waals surface area contributed by atoms with Gasteiger partial charge in [-0.3, -0.25) is 0 Å². The highest BCUT2D eigenvalue weighted by molar-refractivity contribution is 5.46. The van der Waals surface area contributed by atoms with Crippen molar-refractivity contribution in [1.29, 1.82) is 0 Å². The van der Waals surface area contributed by atoms with Gasteiger partial charge in [-0.1, -0.05) is 119 Å². The lowest BCUT2D eigenvalue weighted by molar-refractivity contribution is 0.0791. The Balaban J connectivity index is 2.29. The van der Waals surface area contributed by atoms with Crippen molar-refractivity contribution in [1.82, 2.24) is 0 Å². The summed E-state index contributed by atoms with van der Waals surface area (Å²) in [7, 11) is 0. The highest BCUT2D eigenvalue weighted by Crippen LogP contribution is 2.43. The molecule has 0 aromatic heterocycles. The van der Waals surface area contributed by atoms with Gasteiger partial charge in [0.2, 0.25) is 0 Å². The second-order valence-corrected chi connectivity index (χ2v) is 11.7. The summed E-state index contributed by atoms with van der Waals surface area (Å²) in [5.41, 5.74) is 13.9. The van der Waals surface area contributed by atoms with Gasteiger partial charge in [0.05, 0.1) is 5.54 Å². The third-order valence-corrected chi connectivity index (χ3v) is 6.62. The SMILES string of the molecule is Cc1ccc(C(O)C(N)(Cc2ccccc2)c2ccc(C)cc2C(C)(C)C)c(C(C)(C)C)c1. The Bertz CT molecular complexity index is 1100. The smallest absolute Gasteiger partial charge is 0.102 e. The van der Waals surface area contributed by atoms with E-state index in [0.717, 1.165) is 22.3 Å². The van der Waals surface area contributed by atoms with E-state index in [4.69, 9.17) is 5.73 Å². The molecule has 0 fully saturated rings. The summed E-state index contributed by atoms with van der Waals surface area (Å²) in [6.45, 7) is 17.4. The molecule has 0 aliphatic rings. The number of hydrogen-bond acceptors (Lipinski definition) is 2. The molecule has 0 aliphatic carbocycles. The Labute approximate surface area is 200 Å². The largest absolute Gasteiger partial charge is 0.386 e. The normalized spacial score (nSPS) is 15.2. The molecule has 3 aromatic carbocycles. The van der Waals surface area contributed by atoms with Crippen molar-refractivity contribution >= 4 is 0 Å². The summed E-state index contributed by atoms with van der Waals surface area (Å²) in [6, 6.07) is 23.1. The molecule has 3 N–H and O–H groups in total. The molecule has 0 heterocycles. The van der Waals surface area contributed by atoms with Gasteiger partial charge in [0.15, 0.2) is 0 Å². The van der Waals surface area contributed by atoms with Crippen LogP contribution in [0.1, 0.15) is 86.6 Å². The highest BCUT2D eigenvalue weighted by atomic mass is 16.3. The van der Waals surface area contributed by atoms with Crippen LogP contribution in [0.4, 0.5) is 0 Å². The second-order valence-electron chi connectivity index (χ2n) is 11.7. The molecular weight excluding hydrogens is 402 g/mol. The number of aryl methyl sites for hydroxylation is 2. The van der Waals surface area contributed by atoms with Crippen LogP contribution in [0.2, 0.25) is 0 Å². The first-order valence-electron chi connectivity index (χ1n) is 12.0. The highest BCUT2D eigenvalue weighted by Gasteiger charge is 2.41. The Hall–Kier alpha value is -2.42. The van der Waals surface area contributed by atoms with Crippen LogP contribution < -0.4 is 5.73 Å². The lowest BCUT2D eigenvalue weighted by Crippen LogP contribution is -2.47. The molecule has 0 aliphatic heterocycles. The molecule has 2 nitrogen and oxygen atoms in total. The van der Waals surface area contributed by atoms with E-state index in [2.05, 4.69) is 104 Å². The average Bonchev–Trinajstić information content (AvgIpc) is 2.72. The van der Waals surface area contributed by atoms with Crippen LogP contribution in [0.25, 0.3) is 0 Å². The summed E-state index contributed by atoms with van der Waals surface area (Å²) in [5, 5.41) is 12.1. The Morgan fingerprint density at radius 3 is 1.76 bits per heavy atom. The van der Waals surface area contributed by atoms with E-state index in [1.807, 2.05) is 18.2 Å². The molecule has 0 saturated carbocycles. The molecule has 0 saturated heterocycles. The molecule has 0 radical (unpaired) electrons. The van der Waals surface area contributed by atoms with Crippen LogP contribution in [-0.2, 0) is 22.8 Å². The Kier molecular flexibility index (Phi) is 6.94. The average molecular weight is 444 g/mol. The van der Waals surface area contributed by atoms with Crippen molar-refractivity contribution in [3.8, 4) is 0 Å². The maximum Gasteiger partial charge on any atom is 0.102 e. The van der Waals surface area contributed by atoms with Crippen molar-refractivity contribution < 1.29 is 5.11 Å². The molecule has 33 heavy (non-hydrogen) atoms. The minimum atomic E-state index is -0.993. The lowest BCUT2D eigenvalue weighted by Gasteiger charge is -2.41. The van der Waals surface area contributed by atoms with Crippen molar-refractivity contribution in [2.45, 2.75) is 84.3 Å². The maximum atomic E-state index is 12.1. The van der Waals surface area contributed by atoms with Gasteiger partial charge in [0.1, 0.15) is 6.10 Å². The van der Waals surface area contributed by atoms with E-state index in [1.165, 1.54) is 16.7 Å². The van der Waals surface area contributed by atoms with Gasteiger partial charge in [-0.2, -0.15) is 0 Å². The van der Waals surface area contributed by atoms with Crippen LogP contribution in [-0.4, -0.2) is 5.11 Å². The summed E-state index contributed by atoms with van der Waals surface area (Å²) in [5.74, 6) is 0. The first-order chi connectivity index (χ1) is 15.2. The first-order valence-corrected chi connectivity index (χ1v) is 12.0. The van der Waals surface area contributed by atoms with Gasteiger partial charge in [-0.25, -0.2) is 0 Å². The molecule has 0 spiro atoms. The summed E-state index contributed by atoms with van der Waals surface area (Å²) < 4.78 is 0. The van der Waals surface area contributed by atoms with Crippen LogP contribution in [0.5, 0.6) is 0 Å². The van der Waals surface area contributed by atoms with E-state index in [-0.39, 0.29) is 10.8 Å². The van der Waals surface area contributed by atoms with Crippen LogP contribution in [0.15, 0.2) is 66.7 Å². The fraction of sp³-hybridized carbons (Fsp3) is 0.419. The Morgan fingerprint density at radius 1 is 0.697 bits per heavy atom. The fourth-order valence-corrected chi connectivity index (χ4v) is 4.79. The quantitative estimate of drug-likeness (QED) is 0.445. The van der Waals surface area contributed by atoms with E-state index in [0.29, 0.717) is 6.42 Å². The number of rotatable bonds is 5. The number of aliphatic hydroxyl groups excluding tert-OH is 1. The lowest BCUT2D eigenvalue weighted by atomic mass is 9.69. The third kappa shape index (κ3) is 5.39. The van der Waals surface area contributed by atoms with Crippen molar-refractivity contribution in [3.63, 3.8) is 0 Å². The zero-order chi connectivity index (χ0) is 24.6. The number of nitrogens with two attached hydrogens (primary N) is 1. The van der Waals surface area contributed by atoms with Crippen molar-refractivity contribution in [2.24, 2.45) is 5.73 Å². The van der Waals surface area contributed by atoms with Gasteiger partial charge in [-0.05, 0) is 58.9 Å². The van der Waals surface area contributed by atoms with E-state index in [9.17, 15) is 5.11 Å². The molecule has 0 bridgehead atoms. The topological polar surface area (TPSA) is 46.2 Å². The van der Waals surface area contributed by atoms with Crippen LogP contribution >= 0.6 is 0 Å². The van der Waals surface area contributed by atoms with Crippen LogP contribution in [0.3, 0.4) is 0 Å².